The molecule has 0 amide bonds. The highest BCUT2D eigenvalue weighted by atomic mass is 35.5. The molecule has 150 valence electrons. The summed E-state index contributed by atoms with van der Waals surface area (Å²) in [5.74, 6) is 0.719. The van der Waals surface area contributed by atoms with Gasteiger partial charge in [0.15, 0.2) is 0 Å². The van der Waals surface area contributed by atoms with Gasteiger partial charge in [-0.3, -0.25) is 10.1 Å². The summed E-state index contributed by atoms with van der Waals surface area (Å²) in [4.78, 5) is 8.67. The van der Waals surface area contributed by atoms with Gasteiger partial charge in [0, 0.05) is 12.4 Å². The first-order valence-corrected chi connectivity index (χ1v) is 9.38. The summed E-state index contributed by atoms with van der Waals surface area (Å²) in [5, 5.41) is 20.1. The van der Waals surface area contributed by atoms with E-state index in [-0.39, 0.29) is 12.4 Å². The number of pyridine rings is 2. The minimum Gasteiger partial charge on any atom is -0.364 e. The van der Waals surface area contributed by atoms with Gasteiger partial charge in [-0.25, -0.2) is 4.98 Å². The smallest absolute Gasteiger partial charge is 0.129 e. The van der Waals surface area contributed by atoms with Crippen molar-refractivity contribution in [2.24, 2.45) is 0 Å². The molecule has 0 fully saturated rings. The van der Waals surface area contributed by atoms with Gasteiger partial charge in [-0.2, -0.15) is 10.4 Å². The molecular formula is C22H18Cl2N6. The molecule has 0 aliphatic rings. The Labute approximate surface area is 185 Å². The number of halogens is 2. The second-order valence-electron chi connectivity index (χ2n) is 6.50. The van der Waals surface area contributed by atoms with Gasteiger partial charge in [-0.15, -0.1) is 12.4 Å². The molecule has 0 spiro atoms. The van der Waals surface area contributed by atoms with Crippen LogP contribution in [0.25, 0.3) is 22.5 Å². The number of aromatic amines is 1. The molecule has 0 unspecified atom stereocenters. The summed E-state index contributed by atoms with van der Waals surface area (Å²) < 4.78 is 0. The third-order valence-corrected chi connectivity index (χ3v) is 4.96. The van der Waals surface area contributed by atoms with Crippen LogP contribution < -0.4 is 5.32 Å². The van der Waals surface area contributed by atoms with E-state index in [0.717, 1.165) is 33.9 Å². The van der Waals surface area contributed by atoms with E-state index in [0.29, 0.717) is 22.8 Å². The molecule has 0 aliphatic heterocycles. The van der Waals surface area contributed by atoms with Crippen LogP contribution in [0.15, 0.2) is 60.9 Å². The predicted molar refractivity (Wildman–Crippen MR) is 121 cm³/mol. The maximum absolute atomic E-state index is 9.05. The topological polar surface area (TPSA) is 90.3 Å². The molecule has 0 saturated carbocycles. The number of anilines is 1. The average molecular weight is 437 g/mol. The number of hydrogen-bond acceptors (Lipinski definition) is 5. The third kappa shape index (κ3) is 4.43. The number of rotatable bonds is 5. The van der Waals surface area contributed by atoms with E-state index in [4.69, 9.17) is 16.9 Å². The monoisotopic (exact) mass is 436 g/mol. The molecule has 2 N–H and O–H groups in total. The Kier molecular flexibility index (Phi) is 6.68. The number of nitriles is 1. The molecule has 0 aliphatic carbocycles. The SMILES string of the molecule is Cc1cc(C#N)ccc1-c1ccnc(NCc2[nH]nc(-c3ccccn3)c2Cl)c1.Cl. The summed E-state index contributed by atoms with van der Waals surface area (Å²) in [6.45, 7) is 2.44. The number of nitrogens with zero attached hydrogens (tertiary/aromatic N) is 4. The van der Waals surface area contributed by atoms with E-state index in [9.17, 15) is 0 Å². The predicted octanol–water partition coefficient (Wildman–Crippen LogP) is 5.40. The number of H-pyrrole nitrogens is 1. The van der Waals surface area contributed by atoms with Gasteiger partial charge in [0.2, 0.25) is 0 Å². The average Bonchev–Trinajstić information content (AvgIpc) is 3.13. The summed E-state index contributed by atoms with van der Waals surface area (Å²) in [6, 6.07) is 17.3. The Balaban J connectivity index is 0.00000256. The van der Waals surface area contributed by atoms with Crippen molar-refractivity contribution in [3.05, 3.63) is 82.8 Å². The Morgan fingerprint density at radius 2 is 1.97 bits per heavy atom. The summed E-state index contributed by atoms with van der Waals surface area (Å²) in [6.07, 6.45) is 3.46. The lowest BCUT2D eigenvalue weighted by molar-refractivity contribution is 0.975. The van der Waals surface area contributed by atoms with Crippen molar-refractivity contribution in [1.82, 2.24) is 20.2 Å². The molecule has 6 nitrogen and oxygen atoms in total. The van der Waals surface area contributed by atoms with Crippen molar-refractivity contribution in [2.75, 3.05) is 5.32 Å². The molecule has 1 aromatic carbocycles. The van der Waals surface area contributed by atoms with E-state index in [1.807, 2.05) is 55.5 Å². The van der Waals surface area contributed by atoms with E-state index in [2.05, 4.69) is 31.6 Å². The van der Waals surface area contributed by atoms with Gasteiger partial charge < -0.3 is 5.32 Å². The maximum atomic E-state index is 9.05. The summed E-state index contributed by atoms with van der Waals surface area (Å²) >= 11 is 6.48. The van der Waals surface area contributed by atoms with Gasteiger partial charge in [-0.1, -0.05) is 23.7 Å². The van der Waals surface area contributed by atoms with Crippen molar-refractivity contribution in [3.8, 4) is 28.6 Å². The first-order chi connectivity index (χ1) is 14.2. The van der Waals surface area contributed by atoms with Crippen molar-refractivity contribution >= 4 is 29.8 Å². The van der Waals surface area contributed by atoms with Crippen LogP contribution in [0.4, 0.5) is 5.82 Å². The van der Waals surface area contributed by atoms with Gasteiger partial charge in [-0.05, 0) is 60.0 Å². The number of benzene rings is 1. The minimum atomic E-state index is 0. The lowest BCUT2D eigenvalue weighted by Crippen LogP contribution is -2.02. The highest BCUT2D eigenvalue weighted by molar-refractivity contribution is 6.33. The number of aryl methyl sites for hydroxylation is 1. The van der Waals surface area contributed by atoms with E-state index >= 15 is 0 Å². The van der Waals surface area contributed by atoms with Gasteiger partial charge >= 0.3 is 0 Å². The van der Waals surface area contributed by atoms with Gasteiger partial charge in [0.05, 0.1) is 34.6 Å². The van der Waals surface area contributed by atoms with Crippen molar-refractivity contribution in [3.63, 3.8) is 0 Å². The van der Waals surface area contributed by atoms with Crippen molar-refractivity contribution < 1.29 is 0 Å². The summed E-state index contributed by atoms with van der Waals surface area (Å²) in [7, 11) is 0. The van der Waals surface area contributed by atoms with Crippen LogP contribution in [0.1, 0.15) is 16.8 Å². The minimum absolute atomic E-state index is 0. The molecular weight excluding hydrogens is 419 g/mol. The molecule has 8 heteroatoms. The lowest BCUT2D eigenvalue weighted by atomic mass is 9.99. The molecule has 0 bridgehead atoms. The zero-order chi connectivity index (χ0) is 20.2. The molecule has 0 atom stereocenters. The highest BCUT2D eigenvalue weighted by Gasteiger charge is 2.14. The first kappa shape index (κ1) is 21.3. The van der Waals surface area contributed by atoms with Crippen LogP contribution in [0, 0.1) is 18.3 Å². The molecule has 4 rings (SSSR count). The largest absolute Gasteiger partial charge is 0.364 e. The second-order valence-corrected chi connectivity index (χ2v) is 6.88. The van der Waals surface area contributed by atoms with E-state index in [1.165, 1.54) is 0 Å². The number of hydrogen-bond donors (Lipinski definition) is 2. The molecule has 0 saturated heterocycles. The van der Waals surface area contributed by atoms with E-state index in [1.54, 1.807) is 12.4 Å². The highest BCUT2D eigenvalue weighted by Crippen LogP contribution is 2.28. The third-order valence-electron chi connectivity index (χ3n) is 4.56. The Morgan fingerprint density at radius 3 is 2.70 bits per heavy atom. The molecule has 0 radical (unpaired) electrons. The van der Waals surface area contributed by atoms with E-state index < -0.39 is 0 Å². The van der Waals surface area contributed by atoms with Crippen LogP contribution >= 0.6 is 24.0 Å². The fourth-order valence-corrected chi connectivity index (χ4v) is 3.33. The lowest BCUT2D eigenvalue weighted by Gasteiger charge is -2.09. The summed E-state index contributed by atoms with van der Waals surface area (Å²) in [5.41, 5.74) is 5.87. The Hall–Kier alpha value is -3.40. The quantitative estimate of drug-likeness (QED) is 0.436. The molecule has 3 aromatic heterocycles. The van der Waals surface area contributed by atoms with Crippen LogP contribution in [0.5, 0.6) is 0 Å². The standard InChI is InChI=1S/C22H17ClN6.ClH/c1-14-10-15(12-24)5-6-17(14)16-7-9-26-20(11-16)27-13-19-21(23)22(29-28-19)18-4-2-3-8-25-18;/h2-11H,13H2,1H3,(H,26,27)(H,28,29);1H. The second kappa shape index (κ2) is 9.40. The van der Waals surface area contributed by atoms with Crippen molar-refractivity contribution in [1.29, 1.82) is 5.26 Å². The van der Waals surface area contributed by atoms with Crippen LogP contribution in [0.3, 0.4) is 0 Å². The zero-order valence-electron chi connectivity index (χ0n) is 16.1. The molecule has 4 aromatic rings. The Bertz CT molecular complexity index is 1200. The fourth-order valence-electron chi connectivity index (χ4n) is 3.08. The van der Waals surface area contributed by atoms with Gasteiger partial charge in [0.25, 0.3) is 0 Å². The van der Waals surface area contributed by atoms with Crippen LogP contribution in [-0.4, -0.2) is 20.2 Å². The number of nitrogens with one attached hydrogen (secondary N) is 2. The first-order valence-electron chi connectivity index (χ1n) is 9.01. The Morgan fingerprint density at radius 1 is 1.10 bits per heavy atom. The van der Waals surface area contributed by atoms with Crippen molar-refractivity contribution in [2.45, 2.75) is 13.5 Å². The van der Waals surface area contributed by atoms with Gasteiger partial charge in [0.1, 0.15) is 11.5 Å². The molecule has 3 heterocycles. The zero-order valence-corrected chi connectivity index (χ0v) is 17.6. The maximum Gasteiger partial charge on any atom is 0.129 e. The number of aromatic nitrogens is 4. The van der Waals surface area contributed by atoms with Crippen LogP contribution in [0.2, 0.25) is 5.02 Å². The van der Waals surface area contributed by atoms with Crippen LogP contribution in [-0.2, 0) is 6.54 Å². The fraction of sp³-hybridized carbons (Fsp3) is 0.0909. The molecule has 30 heavy (non-hydrogen) atoms. The normalized spacial score (nSPS) is 10.2.